The number of thioether (sulfide) groups is 1. The normalized spacial score (nSPS) is 12.3. The molecule has 1 atom stereocenters. The Kier molecular flexibility index (Phi) is 5.38. The minimum absolute atomic E-state index is 0.0727. The SMILES string of the molecule is CCn1c(SCC(=O)N[C@H](C)c2ccc(F)cc2)nc2ccccc21. The third-order valence-corrected chi connectivity index (χ3v) is 4.99. The van der Waals surface area contributed by atoms with Crippen molar-refractivity contribution in [3.63, 3.8) is 0 Å². The molecule has 1 amide bonds. The molecule has 3 aromatic rings. The van der Waals surface area contributed by atoms with Gasteiger partial charge in [0.15, 0.2) is 5.16 Å². The van der Waals surface area contributed by atoms with Crippen molar-refractivity contribution < 1.29 is 9.18 Å². The summed E-state index contributed by atoms with van der Waals surface area (Å²) in [5, 5.41) is 3.78. The van der Waals surface area contributed by atoms with Crippen LogP contribution < -0.4 is 5.32 Å². The maximum atomic E-state index is 13.0. The molecule has 1 N–H and O–H groups in total. The highest BCUT2D eigenvalue weighted by molar-refractivity contribution is 7.99. The second kappa shape index (κ2) is 7.70. The molecule has 2 aromatic carbocycles. The summed E-state index contributed by atoms with van der Waals surface area (Å²) in [6.07, 6.45) is 0. The van der Waals surface area contributed by atoms with Gasteiger partial charge in [0.05, 0.1) is 22.8 Å². The van der Waals surface area contributed by atoms with Gasteiger partial charge < -0.3 is 9.88 Å². The molecule has 6 heteroatoms. The number of amides is 1. The van der Waals surface area contributed by atoms with Gasteiger partial charge in [-0.3, -0.25) is 4.79 Å². The topological polar surface area (TPSA) is 46.9 Å². The van der Waals surface area contributed by atoms with Crippen LogP contribution in [0, 0.1) is 5.82 Å². The summed E-state index contributed by atoms with van der Waals surface area (Å²) >= 11 is 1.42. The highest BCUT2D eigenvalue weighted by atomic mass is 32.2. The van der Waals surface area contributed by atoms with Crippen molar-refractivity contribution in [3.05, 3.63) is 59.9 Å². The first-order chi connectivity index (χ1) is 12.1. The molecule has 0 spiro atoms. The number of carbonyl (C=O) groups is 1. The highest BCUT2D eigenvalue weighted by Gasteiger charge is 2.14. The zero-order valence-corrected chi connectivity index (χ0v) is 15.0. The van der Waals surface area contributed by atoms with Crippen LogP contribution in [0.25, 0.3) is 11.0 Å². The molecular formula is C19H20FN3OS. The Morgan fingerprint density at radius 3 is 2.68 bits per heavy atom. The number of rotatable bonds is 6. The molecule has 0 saturated heterocycles. The molecule has 0 radical (unpaired) electrons. The molecule has 130 valence electrons. The van der Waals surface area contributed by atoms with E-state index < -0.39 is 0 Å². The zero-order valence-electron chi connectivity index (χ0n) is 14.2. The fraction of sp³-hybridized carbons (Fsp3) is 0.263. The van der Waals surface area contributed by atoms with Gasteiger partial charge in [-0.05, 0) is 43.7 Å². The summed E-state index contributed by atoms with van der Waals surface area (Å²) < 4.78 is 15.1. The Bertz CT molecular complexity index is 876. The maximum Gasteiger partial charge on any atom is 0.230 e. The molecule has 1 heterocycles. The first-order valence-electron chi connectivity index (χ1n) is 8.21. The van der Waals surface area contributed by atoms with Gasteiger partial charge >= 0.3 is 0 Å². The number of halogens is 1. The Morgan fingerprint density at radius 2 is 1.96 bits per heavy atom. The van der Waals surface area contributed by atoms with Crippen molar-refractivity contribution >= 4 is 28.7 Å². The lowest BCUT2D eigenvalue weighted by Crippen LogP contribution is -2.28. The Balaban J connectivity index is 1.63. The van der Waals surface area contributed by atoms with E-state index >= 15 is 0 Å². The number of nitrogens with zero attached hydrogens (tertiary/aromatic N) is 2. The fourth-order valence-electron chi connectivity index (χ4n) is 2.72. The third kappa shape index (κ3) is 4.02. The Labute approximate surface area is 150 Å². The van der Waals surface area contributed by atoms with E-state index in [4.69, 9.17) is 0 Å². The number of aryl methyl sites for hydroxylation is 1. The monoisotopic (exact) mass is 357 g/mol. The van der Waals surface area contributed by atoms with Gasteiger partial charge in [-0.1, -0.05) is 36.0 Å². The van der Waals surface area contributed by atoms with Gasteiger partial charge in [0.25, 0.3) is 0 Å². The van der Waals surface area contributed by atoms with E-state index in [2.05, 4.69) is 21.8 Å². The first kappa shape index (κ1) is 17.5. The van der Waals surface area contributed by atoms with Crippen LogP contribution in [0.5, 0.6) is 0 Å². The van der Waals surface area contributed by atoms with E-state index in [0.717, 1.165) is 28.3 Å². The molecule has 1 aromatic heterocycles. The average Bonchev–Trinajstić information content (AvgIpc) is 2.98. The van der Waals surface area contributed by atoms with E-state index in [1.165, 1.54) is 23.9 Å². The van der Waals surface area contributed by atoms with Crippen molar-refractivity contribution in [1.29, 1.82) is 0 Å². The van der Waals surface area contributed by atoms with Gasteiger partial charge in [0.1, 0.15) is 5.82 Å². The number of nitrogens with one attached hydrogen (secondary N) is 1. The summed E-state index contributed by atoms with van der Waals surface area (Å²) in [5.41, 5.74) is 2.89. The minimum atomic E-state index is -0.281. The predicted octanol–water partition coefficient (Wildman–Crippen LogP) is 4.16. The molecule has 0 aliphatic heterocycles. The second-order valence-electron chi connectivity index (χ2n) is 5.76. The molecule has 4 nitrogen and oxygen atoms in total. The predicted molar refractivity (Wildman–Crippen MR) is 99.1 cm³/mol. The number of carbonyl (C=O) groups excluding carboxylic acids is 1. The van der Waals surface area contributed by atoms with Gasteiger partial charge in [-0.15, -0.1) is 0 Å². The minimum Gasteiger partial charge on any atom is -0.349 e. The molecule has 0 fully saturated rings. The van der Waals surface area contributed by atoms with E-state index in [9.17, 15) is 9.18 Å². The number of fused-ring (bicyclic) bond motifs is 1. The van der Waals surface area contributed by atoms with E-state index in [0.29, 0.717) is 0 Å². The summed E-state index contributed by atoms with van der Waals surface area (Å²) in [6, 6.07) is 14.0. The first-order valence-corrected chi connectivity index (χ1v) is 9.20. The van der Waals surface area contributed by atoms with Crippen molar-refractivity contribution in [2.45, 2.75) is 31.6 Å². The summed E-state index contributed by atoms with van der Waals surface area (Å²) in [5.74, 6) is -0.0673. The number of hydrogen-bond donors (Lipinski definition) is 1. The number of para-hydroxylation sites is 2. The van der Waals surface area contributed by atoms with Crippen molar-refractivity contribution in [2.24, 2.45) is 0 Å². The largest absolute Gasteiger partial charge is 0.349 e. The van der Waals surface area contributed by atoms with Crippen LogP contribution in [-0.2, 0) is 11.3 Å². The average molecular weight is 357 g/mol. The maximum absolute atomic E-state index is 13.0. The van der Waals surface area contributed by atoms with Crippen LogP contribution in [0.1, 0.15) is 25.5 Å². The summed E-state index contributed by atoms with van der Waals surface area (Å²) in [4.78, 5) is 16.8. The van der Waals surface area contributed by atoms with Crippen molar-refractivity contribution in [3.8, 4) is 0 Å². The molecule has 0 saturated carbocycles. The van der Waals surface area contributed by atoms with Crippen LogP contribution >= 0.6 is 11.8 Å². The highest BCUT2D eigenvalue weighted by Crippen LogP contribution is 2.24. The lowest BCUT2D eigenvalue weighted by molar-refractivity contribution is -0.119. The number of aromatic nitrogens is 2. The van der Waals surface area contributed by atoms with Gasteiger partial charge in [0, 0.05) is 6.54 Å². The van der Waals surface area contributed by atoms with Crippen molar-refractivity contribution in [2.75, 3.05) is 5.75 Å². The summed E-state index contributed by atoms with van der Waals surface area (Å²) in [6.45, 7) is 4.75. The Hall–Kier alpha value is -2.34. The lowest BCUT2D eigenvalue weighted by Gasteiger charge is -2.14. The molecular weight excluding hydrogens is 337 g/mol. The molecule has 3 rings (SSSR count). The summed E-state index contributed by atoms with van der Waals surface area (Å²) in [7, 11) is 0. The molecule has 0 aliphatic carbocycles. The molecule has 0 aliphatic rings. The quantitative estimate of drug-likeness (QED) is 0.674. The molecule has 0 unspecified atom stereocenters. The van der Waals surface area contributed by atoms with Crippen molar-refractivity contribution in [1.82, 2.24) is 14.9 Å². The fourth-order valence-corrected chi connectivity index (χ4v) is 3.61. The van der Waals surface area contributed by atoms with E-state index in [1.807, 2.05) is 31.2 Å². The van der Waals surface area contributed by atoms with Gasteiger partial charge in [-0.2, -0.15) is 0 Å². The van der Waals surface area contributed by atoms with E-state index in [1.54, 1.807) is 12.1 Å². The van der Waals surface area contributed by atoms with Crippen LogP contribution in [0.15, 0.2) is 53.7 Å². The van der Waals surface area contributed by atoms with Gasteiger partial charge in [-0.25, -0.2) is 9.37 Å². The molecule has 0 bridgehead atoms. The van der Waals surface area contributed by atoms with E-state index in [-0.39, 0.29) is 23.5 Å². The smallest absolute Gasteiger partial charge is 0.230 e. The number of imidazole rings is 1. The number of benzene rings is 2. The van der Waals surface area contributed by atoms with Crippen LogP contribution in [0.3, 0.4) is 0 Å². The van der Waals surface area contributed by atoms with Gasteiger partial charge in [0.2, 0.25) is 5.91 Å². The molecule has 25 heavy (non-hydrogen) atoms. The Morgan fingerprint density at radius 1 is 1.24 bits per heavy atom. The second-order valence-corrected chi connectivity index (χ2v) is 6.70. The number of hydrogen-bond acceptors (Lipinski definition) is 3. The standard InChI is InChI=1S/C19H20FN3OS/c1-3-23-17-7-5-4-6-16(17)22-19(23)25-12-18(24)21-13(2)14-8-10-15(20)11-9-14/h4-11,13H,3,12H2,1-2H3,(H,21,24)/t13-/m1/s1. The van der Waals surface area contributed by atoms with Crippen LogP contribution in [0.2, 0.25) is 0 Å². The van der Waals surface area contributed by atoms with Crippen LogP contribution in [0.4, 0.5) is 4.39 Å². The third-order valence-electron chi connectivity index (χ3n) is 4.02. The van der Waals surface area contributed by atoms with Crippen LogP contribution in [-0.4, -0.2) is 21.2 Å². The lowest BCUT2D eigenvalue weighted by atomic mass is 10.1. The zero-order chi connectivity index (χ0) is 17.8.